The molecule has 9 nitrogen and oxygen atoms in total. The van der Waals surface area contributed by atoms with Crippen LogP contribution in [0.5, 0.6) is 0 Å². The third kappa shape index (κ3) is 6.85. The highest BCUT2D eigenvalue weighted by molar-refractivity contribution is 6.33. The summed E-state index contributed by atoms with van der Waals surface area (Å²) in [5, 5.41) is 10.2. The fourth-order valence-electron chi connectivity index (χ4n) is 4.36. The van der Waals surface area contributed by atoms with Gasteiger partial charge in [-0.2, -0.15) is 0 Å². The highest BCUT2D eigenvalue weighted by atomic mass is 35.5. The molecule has 1 amide bonds. The van der Waals surface area contributed by atoms with Crippen LogP contribution in [0.3, 0.4) is 0 Å². The second kappa shape index (κ2) is 12.4. The molecular weight excluding hydrogens is 456 g/mol. The van der Waals surface area contributed by atoms with E-state index in [0.29, 0.717) is 46.4 Å². The van der Waals surface area contributed by atoms with E-state index >= 15 is 0 Å². The Morgan fingerprint density at radius 2 is 2.06 bits per heavy atom. The molecule has 0 radical (unpaired) electrons. The van der Waals surface area contributed by atoms with Gasteiger partial charge in [-0.05, 0) is 44.1 Å². The summed E-state index contributed by atoms with van der Waals surface area (Å²) in [6.45, 7) is 3.82. The van der Waals surface area contributed by atoms with Gasteiger partial charge in [-0.15, -0.1) is 0 Å². The molecule has 3 N–H and O–H groups in total. The smallest absolute Gasteiger partial charge is 0.229 e. The minimum absolute atomic E-state index is 0.0450. The number of carbonyl (C=O) groups is 1. The Bertz CT molecular complexity index is 948. The van der Waals surface area contributed by atoms with Crippen molar-refractivity contribution in [2.45, 2.75) is 38.1 Å². The Hall–Kier alpha value is -2.33. The standard InChI is InChI=1S/C24H33ClN6O3/c1-33-7-6-18-3-2-17(12-27-18)24(32)31-22-10-19(20(25)13-29-22)21-14-26-15-23(30-21)28-11-16-4-8-34-9-5-16/h10,13-18,27H,2-9,11-12H2,1H3,(H,28,30)(H,29,31,32). The molecule has 10 heteroatoms. The van der Waals surface area contributed by atoms with Crippen LogP contribution in [-0.4, -0.2) is 66.9 Å². The minimum Gasteiger partial charge on any atom is -0.385 e. The minimum atomic E-state index is -0.0998. The molecule has 0 aliphatic carbocycles. The van der Waals surface area contributed by atoms with Crippen molar-refractivity contribution in [2.24, 2.45) is 11.8 Å². The monoisotopic (exact) mass is 488 g/mol. The molecule has 2 saturated heterocycles. The van der Waals surface area contributed by atoms with E-state index in [1.54, 1.807) is 25.6 Å². The van der Waals surface area contributed by atoms with E-state index in [1.807, 2.05) is 0 Å². The topological polar surface area (TPSA) is 110 Å². The molecule has 34 heavy (non-hydrogen) atoms. The first-order valence-electron chi connectivity index (χ1n) is 11.9. The number of methoxy groups -OCH3 is 1. The molecule has 2 aromatic rings. The van der Waals surface area contributed by atoms with Gasteiger partial charge >= 0.3 is 0 Å². The Kier molecular flexibility index (Phi) is 9.04. The lowest BCUT2D eigenvalue weighted by Crippen LogP contribution is -2.43. The Labute approximate surface area is 205 Å². The van der Waals surface area contributed by atoms with Crippen molar-refractivity contribution >= 4 is 29.1 Å². The van der Waals surface area contributed by atoms with Crippen molar-refractivity contribution in [3.63, 3.8) is 0 Å². The van der Waals surface area contributed by atoms with Crippen molar-refractivity contribution in [1.29, 1.82) is 0 Å². The Morgan fingerprint density at radius 1 is 1.21 bits per heavy atom. The fraction of sp³-hybridized carbons (Fsp3) is 0.583. The number of carbonyl (C=O) groups excluding carboxylic acids is 1. The third-order valence-corrected chi connectivity index (χ3v) is 6.79. The maximum absolute atomic E-state index is 12.8. The number of piperidine rings is 1. The number of nitrogens with one attached hydrogen (secondary N) is 3. The molecule has 2 fully saturated rings. The van der Waals surface area contributed by atoms with Gasteiger partial charge in [0, 0.05) is 57.8 Å². The van der Waals surface area contributed by atoms with Crippen LogP contribution in [0.1, 0.15) is 32.1 Å². The SMILES string of the molecule is COCCC1CCC(C(=O)Nc2cc(-c3cncc(NCC4CCOCC4)n3)c(Cl)cn2)CN1. The average molecular weight is 489 g/mol. The van der Waals surface area contributed by atoms with Gasteiger partial charge in [-0.1, -0.05) is 11.6 Å². The molecule has 2 aliphatic heterocycles. The maximum Gasteiger partial charge on any atom is 0.229 e. The van der Waals surface area contributed by atoms with Gasteiger partial charge in [0.05, 0.1) is 29.0 Å². The van der Waals surface area contributed by atoms with Crippen molar-refractivity contribution in [3.05, 3.63) is 29.7 Å². The predicted octanol–water partition coefficient (Wildman–Crippen LogP) is 3.37. The summed E-state index contributed by atoms with van der Waals surface area (Å²) in [4.78, 5) is 26.1. The zero-order valence-corrected chi connectivity index (χ0v) is 20.3. The molecule has 0 spiro atoms. The highest BCUT2D eigenvalue weighted by Crippen LogP contribution is 2.29. The van der Waals surface area contributed by atoms with Crippen LogP contribution in [-0.2, 0) is 14.3 Å². The van der Waals surface area contributed by atoms with E-state index < -0.39 is 0 Å². The van der Waals surface area contributed by atoms with Gasteiger partial charge in [-0.3, -0.25) is 9.78 Å². The van der Waals surface area contributed by atoms with Gasteiger partial charge in [0.2, 0.25) is 5.91 Å². The number of pyridine rings is 1. The van der Waals surface area contributed by atoms with E-state index in [2.05, 4.69) is 30.9 Å². The molecule has 2 unspecified atom stereocenters. The summed E-state index contributed by atoms with van der Waals surface area (Å²) in [5.74, 6) is 1.57. The Morgan fingerprint density at radius 3 is 2.82 bits per heavy atom. The molecule has 0 bridgehead atoms. The van der Waals surface area contributed by atoms with Crippen molar-refractivity contribution < 1.29 is 14.3 Å². The molecule has 184 valence electrons. The van der Waals surface area contributed by atoms with Gasteiger partial charge < -0.3 is 25.4 Å². The molecule has 2 atom stereocenters. The van der Waals surface area contributed by atoms with Crippen LogP contribution in [0.25, 0.3) is 11.3 Å². The van der Waals surface area contributed by atoms with E-state index in [4.69, 9.17) is 21.1 Å². The molecule has 0 saturated carbocycles. The van der Waals surface area contributed by atoms with Crippen molar-refractivity contribution in [3.8, 4) is 11.3 Å². The molecule has 4 rings (SSSR count). The number of hydrogen-bond acceptors (Lipinski definition) is 8. The van der Waals surface area contributed by atoms with E-state index in [0.717, 1.165) is 58.5 Å². The van der Waals surface area contributed by atoms with Gasteiger partial charge in [0.25, 0.3) is 0 Å². The first kappa shape index (κ1) is 24.8. The first-order valence-corrected chi connectivity index (χ1v) is 12.3. The lowest BCUT2D eigenvalue weighted by Gasteiger charge is -2.29. The van der Waals surface area contributed by atoms with Crippen LogP contribution in [0, 0.1) is 11.8 Å². The maximum atomic E-state index is 12.8. The van der Waals surface area contributed by atoms with Crippen LogP contribution < -0.4 is 16.0 Å². The second-order valence-corrected chi connectivity index (χ2v) is 9.33. The normalized spacial score (nSPS) is 21.2. The summed E-state index contributed by atoms with van der Waals surface area (Å²) in [6.07, 6.45) is 9.73. The summed E-state index contributed by atoms with van der Waals surface area (Å²) in [7, 11) is 1.71. The summed E-state index contributed by atoms with van der Waals surface area (Å²) in [5.41, 5.74) is 1.30. The predicted molar refractivity (Wildman–Crippen MR) is 132 cm³/mol. The summed E-state index contributed by atoms with van der Waals surface area (Å²) < 4.78 is 10.6. The molecule has 0 aromatic carbocycles. The molecule has 2 aliphatic rings. The number of hydrogen-bond donors (Lipinski definition) is 3. The van der Waals surface area contributed by atoms with Crippen LogP contribution >= 0.6 is 11.6 Å². The lowest BCUT2D eigenvalue weighted by molar-refractivity contribution is -0.120. The number of aromatic nitrogens is 3. The first-order chi connectivity index (χ1) is 16.6. The number of anilines is 2. The summed E-state index contributed by atoms with van der Waals surface area (Å²) >= 11 is 6.43. The second-order valence-electron chi connectivity index (χ2n) is 8.93. The zero-order valence-electron chi connectivity index (χ0n) is 19.6. The van der Waals surface area contributed by atoms with E-state index in [9.17, 15) is 4.79 Å². The molecule has 2 aromatic heterocycles. The van der Waals surface area contributed by atoms with E-state index in [-0.39, 0.29) is 11.8 Å². The quantitative estimate of drug-likeness (QED) is 0.492. The number of nitrogens with zero attached hydrogens (tertiary/aromatic N) is 3. The molecule has 4 heterocycles. The van der Waals surface area contributed by atoms with Crippen molar-refractivity contribution in [1.82, 2.24) is 20.3 Å². The third-order valence-electron chi connectivity index (χ3n) is 6.49. The van der Waals surface area contributed by atoms with Crippen LogP contribution in [0.2, 0.25) is 5.02 Å². The number of halogens is 1. The fourth-order valence-corrected chi connectivity index (χ4v) is 4.56. The van der Waals surface area contributed by atoms with Crippen molar-refractivity contribution in [2.75, 3.05) is 50.7 Å². The number of ether oxygens (including phenoxy) is 2. The average Bonchev–Trinajstić information content (AvgIpc) is 2.88. The van der Waals surface area contributed by atoms with Crippen LogP contribution in [0.15, 0.2) is 24.7 Å². The Balaban J connectivity index is 1.37. The van der Waals surface area contributed by atoms with E-state index in [1.165, 1.54) is 6.20 Å². The highest BCUT2D eigenvalue weighted by Gasteiger charge is 2.26. The lowest BCUT2D eigenvalue weighted by atomic mass is 9.92. The number of rotatable bonds is 9. The van der Waals surface area contributed by atoms with Gasteiger partial charge in [-0.25, -0.2) is 9.97 Å². The molecular formula is C24H33ClN6O3. The number of amides is 1. The largest absolute Gasteiger partial charge is 0.385 e. The van der Waals surface area contributed by atoms with Gasteiger partial charge in [0.1, 0.15) is 11.6 Å². The van der Waals surface area contributed by atoms with Crippen LogP contribution in [0.4, 0.5) is 11.6 Å². The zero-order chi connectivity index (χ0) is 23.8. The summed E-state index contributed by atoms with van der Waals surface area (Å²) in [6, 6.07) is 2.15. The van der Waals surface area contributed by atoms with Gasteiger partial charge in [0.15, 0.2) is 0 Å².